The molecule has 30 heavy (non-hydrogen) atoms. The number of likely N-dealkylation sites (tertiary alicyclic amines) is 1. The van der Waals surface area contributed by atoms with E-state index in [1.54, 1.807) is 24.3 Å². The summed E-state index contributed by atoms with van der Waals surface area (Å²) < 4.78 is 0. The molecular formula is C23H25Cl2N3O2. The van der Waals surface area contributed by atoms with Crippen molar-refractivity contribution in [3.05, 3.63) is 57.6 Å². The average Bonchev–Trinajstić information content (AvgIpc) is 3.28. The van der Waals surface area contributed by atoms with Gasteiger partial charge < -0.3 is 15.1 Å². The average molecular weight is 446 g/mol. The zero-order chi connectivity index (χ0) is 21.1. The highest BCUT2D eigenvalue weighted by molar-refractivity contribution is 6.37. The van der Waals surface area contributed by atoms with Crippen LogP contribution in [0, 0.1) is 0 Å². The Bertz CT molecular complexity index is 951. The third kappa shape index (κ3) is 4.57. The largest absolute Gasteiger partial charge is 0.371 e. The minimum Gasteiger partial charge on any atom is -0.371 e. The fraction of sp³-hybridized carbons (Fsp3) is 0.391. The van der Waals surface area contributed by atoms with E-state index in [4.69, 9.17) is 23.2 Å². The fourth-order valence-electron chi connectivity index (χ4n) is 4.16. The summed E-state index contributed by atoms with van der Waals surface area (Å²) >= 11 is 12.1. The van der Waals surface area contributed by atoms with E-state index in [0.717, 1.165) is 57.5 Å². The summed E-state index contributed by atoms with van der Waals surface area (Å²) in [7, 11) is 0. The Morgan fingerprint density at radius 3 is 2.20 bits per heavy atom. The Morgan fingerprint density at radius 2 is 1.50 bits per heavy atom. The van der Waals surface area contributed by atoms with Gasteiger partial charge in [-0.15, -0.1) is 0 Å². The van der Waals surface area contributed by atoms with Crippen molar-refractivity contribution in [3.63, 3.8) is 0 Å². The Labute approximate surface area is 186 Å². The van der Waals surface area contributed by atoms with Gasteiger partial charge in [0.2, 0.25) is 0 Å². The zero-order valence-electron chi connectivity index (χ0n) is 16.8. The van der Waals surface area contributed by atoms with E-state index < -0.39 is 0 Å². The van der Waals surface area contributed by atoms with Crippen molar-refractivity contribution in [2.24, 2.45) is 0 Å². The lowest BCUT2D eigenvalue weighted by Gasteiger charge is -2.31. The van der Waals surface area contributed by atoms with E-state index >= 15 is 0 Å². The number of rotatable bonds is 4. The second-order valence-electron chi connectivity index (χ2n) is 7.86. The van der Waals surface area contributed by atoms with Crippen LogP contribution in [-0.4, -0.2) is 42.9 Å². The number of nitrogens with zero attached hydrogens (tertiary/aromatic N) is 2. The molecule has 0 radical (unpaired) electrons. The van der Waals surface area contributed by atoms with E-state index in [0.29, 0.717) is 26.9 Å². The smallest absolute Gasteiger partial charge is 0.257 e. The van der Waals surface area contributed by atoms with Gasteiger partial charge in [0.05, 0.1) is 16.1 Å². The lowest BCUT2D eigenvalue weighted by molar-refractivity contribution is 0.0793. The van der Waals surface area contributed by atoms with Gasteiger partial charge in [0.15, 0.2) is 0 Å². The molecule has 2 heterocycles. The van der Waals surface area contributed by atoms with Gasteiger partial charge in [0, 0.05) is 42.6 Å². The van der Waals surface area contributed by atoms with E-state index in [2.05, 4.69) is 10.2 Å². The van der Waals surface area contributed by atoms with Crippen molar-refractivity contribution in [2.45, 2.75) is 32.1 Å². The number of nitrogens with one attached hydrogen (secondary N) is 1. The summed E-state index contributed by atoms with van der Waals surface area (Å²) in [6.45, 7) is 3.48. The number of carbonyl (C=O) groups is 2. The summed E-state index contributed by atoms with van der Waals surface area (Å²) in [4.78, 5) is 30.2. The van der Waals surface area contributed by atoms with Crippen LogP contribution >= 0.6 is 23.2 Å². The predicted molar refractivity (Wildman–Crippen MR) is 122 cm³/mol. The van der Waals surface area contributed by atoms with Crippen molar-refractivity contribution in [1.82, 2.24) is 4.90 Å². The van der Waals surface area contributed by atoms with E-state index in [9.17, 15) is 9.59 Å². The molecule has 7 heteroatoms. The molecule has 2 aliphatic rings. The molecule has 158 valence electrons. The number of benzene rings is 2. The van der Waals surface area contributed by atoms with Gasteiger partial charge >= 0.3 is 0 Å². The summed E-state index contributed by atoms with van der Waals surface area (Å²) in [5.74, 6) is -0.296. The quantitative estimate of drug-likeness (QED) is 0.678. The minimum atomic E-state index is -0.332. The lowest BCUT2D eigenvalue weighted by atomic mass is 10.0. The molecule has 2 aliphatic heterocycles. The van der Waals surface area contributed by atoms with Crippen LogP contribution in [0.3, 0.4) is 0 Å². The molecule has 2 amide bonds. The zero-order valence-corrected chi connectivity index (χ0v) is 18.3. The van der Waals surface area contributed by atoms with Crippen LogP contribution in [0.2, 0.25) is 10.0 Å². The number of hydrogen-bond donors (Lipinski definition) is 1. The molecule has 0 aliphatic carbocycles. The van der Waals surface area contributed by atoms with Gasteiger partial charge in [-0.05, 0) is 68.5 Å². The van der Waals surface area contributed by atoms with Crippen LogP contribution in [0.25, 0.3) is 0 Å². The third-order valence-corrected chi connectivity index (χ3v) is 6.30. The molecular weight excluding hydrogens is 421 g/mol. The first-order valence-electron chi connectivity index (χ1n) is 10.5. The number of hydrogen-bond acceptors (Lipinski definition) is 3. The van der Waals surface area contributed by atoms with Gasteiger partial charge in [-0.3, -0.25) is 9.59 Å². The van der Waals surface area contributed by atoms with E-state index in [1.165, 1.54) is 6.42 Å². The third-order valence-electron chi connectivity index (χ3n) is 5.75. The van der Waals surface area contributed by atoms with Crippen molar-refractivity contribution >= 4 is 46.4 Å². The molecule has 0 spiro atoms. The first-order valence-corrected chi connectivity index (χ1v) is 11.2. The number of amides is 2. The lowest BCUT2D eigenvalue weighted by Crippen LogP contribution is -2.34. The highest BCUT2D eigenvalue weighted by Gasteiger charge is 2.25. The second-order valence-corrected chi connectivity index (χ2v) is 8.70. The monoisotopic (exact) mass is 445 g/mol. The normalized spacial score (nSPS) is 16.6. The maximum Gasteiger partial charge on any atom is 0.257 e. The number of carbonyl (C=O) groups excluding carboxylic acids is 2. The molecule has 0 saturated carbocycles. The first kappa shape index (κ1) is 21.0. The highest BCUT2D eigenvalue weighted by atomic mass is 35.5. The maximum atomic E-state index is 13.3. The van der Waals surface area contributed by atoms with E-state index in [-0.39, 0.29) is 11.8 Å². The molecule has 2 fully saturated rings. The van der Waals surface area contributed by atoms with Crippen LogP contribution in [-0.2, 0) is 0 Å². The molecule has 0 bridgehead atoms. The number of piperidine rings is 1. The molecule has 2 aromatic carbocycles. The maximum absolute atomic E-state index is 13.3. The Morgan fingerprint density at radius 1 is 0.800 bits per heavy atom. The summed E-state index contributed by atoms with van der Waals surface area (Å²) in [5.41, 5.74) is 2.52. The summed E-state index contributed by atoms with van der Waals surface area (Å²) in [5, 5.41) is 3.64. The van der Waals surface area contributed by atoms with Gasteiger partial charge in [-0.2, -0.15) is 0 Å². The molecule has 0 unspecified atom stereocenters. The molecule has 4 rings (SSSR count). The SMILES string of the molecule is O=C(Nc1ccc(N2CCCCC2)c(C(=O)N2CCCC2)c1)c1ccc(Cl)cc1Cl. The fourth-order valence-corrected chi connectivity index (χ4v) is 4.65. The molecule has 0 atom stereocenters. The van der Waals surface area contributed by atoms with Crippen LogP contribution in [0.1, 0.15) is 52.8 Å². The van der Waals surface area contributed by atoms with Crippen LogP contribution in [0.4, 0.5) is 11.4 Å². The van der Waals surface area contributed by atoms with E-state index in [1.807, 2.05) is 17.0 Å². The molecule has 1 N–H and O–H groups in total. The molecule has 2 saturated heterocycles. The summed E-state index contributed by atoms with van der Waals surface area (Å²) in [6, 6.07) is 10.4. The van der Waals surface area contributed by atoms with Crippen LogP contribution in [0.5, 0.6) is 0 Å². The first-order chi connectivity index (χ1) is 14.5. The Balaban J connectivity index is 1.62. The van der Waals surface area contributed by atoms with Gasteiger partial charge in [-0.1, -0.05) is 23.2 Å². The van der Waals surface area contributed by atoms with Crippen molar-refractivity contribution in [1.29, 1.82) is 0 Å². The molecule has 0 aromatic heterocycles. The number of anilines is 2. The molecule has 5 nitrogen and oxygen atoms in total. The summed E-state index contributed by atoms with van der Waals surface area (Å²) in [6.07, 6.45) is 5.56. The van der Waals surface area contributed by atoms with Crippen molar-refractivity contribution in [3.8, 4) is 0 Å². The predicted octanol–water partition coefficient (Wildman–Crippen LogP) is 5.47. The number of halogens is 2. The van der Waals surface area contributed by atoms with Crippen molar-refractivity contribution in [2.75, 3.05) is 36.4 Å². The Kier molecular flexibility index (Phi) is 6.49. The highest BCUT2D eigenvalue weighted by Crippen LogP contribution is 2.30. The standard InChI is InChI=1S/C23H25Cl2N3O2/c24-16-6-8-18(20(25)14-16)22(29)26-17-7-9-21(27-10-2-1-3-11-27)19(15-17)23(30)28-12-4-5-13-28/h6-9,14-15H,1-5,10-13H2,(H,26,29). The minimum absolute atomic E-state index is 0.0358. The van der Waals surface area contributed by atoms with Crippen LogP contribution in [0.15, 0.2) is 36.4 Å². The Hall–Kier alpha value is -2.24. The van der Waals surface area contributed by atoms with Crippen LogP contribution < -0.4 is 10.2 Å². The van der Waals surface area contributed by atoms with Gasteiger partial charge in [0.1, 0.15) is 0 Å². The molecule has 2 aromatic rings. The van der Waals surface area contributed by atoms with Gasteiger partial charge in [0.25, 0.3) is 11.8 Å². The van der Waals surface area contributed by atoms with Crippen molar-refractivity contribution < 1.29 is 9.59 Å². The second kappa shape index (κ2) is 9.27. The topological polar surface area (TPSA) is 52.7 Å². The van der Waals surface area contributed by atoms with Gasteiger partial charge in [-0.25, -0.2) is 0 Å².